The molecule has 0 heterocycles. The van der Waals surface area contributed by atoms with E-state index in [-0.39, 0.29) is 18.0 Å². The first-order chi connectivity index (χ1) is 13.6. The molecule has 1 rings (SSSR count). The summed E-state index contributed by atoms with van der Waals surface area (Å²) in [4.78, 5) is 23.6. The summed E-state index contributed by atoms with van der Waals surface area (Å²) in [5, 5.41) is 10.3. The maximum atomic E-state index is 12.0. The van der Waals surface area contributed by atoms with E-state index in [0.717, 1.165) is 77.0 Å². The van der Waals surface area contributed by atoms with E-state index in [1.807, 2.05) is 0 Å². The minimum absolute atomic E-state index is 0.0755. The predicted molar refractivity (Wildman–Crippen MR) is 114 cm³/mol. The van der Waals surface area contributed by atoms with E-state index < -0.39 is 0 Å². The van der Waals surface area contributed by atoms with Crippen molar-refractivity contribution < 1.29 is 19.4 Å². The Bertz CT molecular complexity index is 469. The smallest absolute Gasteiger partial charge is 0.305 e. The molecule has 1 saturated carbocycles. The van der Waals surface area contributed by atoms with E-state index in [1.165, 1.54) is 5.57 Å². The molecule has 0 aromatic carbocycles. The minimum atomic E-state index is -0.255. The second kappa shape index (κ2) is 15.7. The van der Waals surface area contributed by atoms with Crippen LogP contribution in [0.2, 0.25) is 0 Å². The van der Waals surface area contributed by atoms with Crippen molar-refractivity contribution in [2.45, 2.75) is 116 Å². The van der Waals surface area contributed by atoms with Crippen molar-refractivity contribution in [3.05, 3.63) is 11.6 Å². The quantitative estimate of drug-likeness (QED) is 0.201. The number of aliphatic hydroxyl groups excluding tert-OH is 1. The zero-order chi connectivity index (χ0) is 20.6. The summed E-state index contributed by atoms with van der Waals surface area (Å²) < 4.78 is 5.17. The van der Waals surface area contributed by atoms with Gasteiger partial charge < -0.3 is 9.84 Å². The molecule has 0 amide bonds. The third-order valence-electron chi connectivity index (χ3n) is 5.73. The van der Waals surface area contributed by atoms with Gasteiger partial charge in [0.15, 0.2) is 0 Å². The molecule has 0 aromatic heterocycles. The van der Waals surface area contributed by atoms with Crippen molar-refractivity contribution in [2.24, 2.45) is 5.92 Å². The predicted octanol–water partition coefficient (Wildman–Crippen LogP) is 5.91. The van der Waals surface area contributed by atoms with Crippen LogP contribution in [0.1, 0.15) is 110 Å². The number of Topliss-reactive ketones (excluding diaryl/α,β-unsaturated/α-hetero) is 1. The van der Waals surface area contributed by atoms with Gasteiger partial charge in [0.1, 0.15) is 5.78 Å². The fraction of sp³-hybridized carbons (Fsp3) is 0.833. The number of esters is 1. The normalized spacial score (nSPS) is 20.6. The second-order valence-electron chi connectivity index (χ2n) is 8.22. The lowest BCUT2D eigenvalue weighted by Crippen LogP contribution is -2.14. The highest BCUT2D eigenvalue weighted by molar-refractivity contribution is 5.79. The SMILES string of the molecule is CCCCCC(=O)CC=C1CC[C@@H](O)[C@@H]1CCCCCCC(=O)OCCCC. The van der Waals surface area contributed by atoms with Gasteiger partial charge in [-0.1, -0.05) is 64.0 Å². The maximum absolute atomic E-state index is 12.0. The van der Waals surface area contributed by atoms with Crippen molar-refractivity contribution in [3.8, 4) is 0 Å². The minimum Gasteiger partial charge on any atom is -0.466 e. The summed E-state index contributed by atoms with van der Waals surface area (Å²) >= 11 is 0. The molecule has 1 aliphatic rings. The van der Waals surface area contributed by atoms with E-state index in [9.17, 15) is 14.7 Å². The average Bonchev–Trinajstić information content (AvgIpc) is 3.03. The zero-order valence-corrected chi connectivity index (χ0v) is 18.2. The number of hydrogen-bond donors (Lipinski definition) is 1. The van der Waals surface area contributed by atoms with Crippen molar-refractivity contribution in [2.75, 3.05) is 6.61 Å². The topological polar surface area (TPSA) is 63.6 Å². The van der Waals surface area contributed by atoms with Crippen molar-refractivity contribution in [1.29, 1.82) is 0 Å². The van der Waals surface area contributed by atoms with Gasteiger partial charge in [0.2, 0.25) is 0 Å². The Hall–Kier alpha value is -1.16. The van der Waals surface area contributed by atoms with Gasteiger partial charge in [-0.15, -0.1) is 0 Å². The highest BCUT2D eigenvalue weighted by Gasteiger charge is 2.29. The van der Waals surface area contributed by atoms with Crippen LogP contribution in [0.3, 0.4) is 0 Å². The number of hydrogen-bond acceptors (Lipinski definition) is 4. The van der Waals surface area contributed by atoms with Crippen molar-refractivity contribution in [1.82, 2.24) is 0 Å². The number of allylic oxidation sites excluding steroid dienone is 1. The molecule has 28 heavy (non-hydrogen) atoms. The van der Waals surface area contributed by atoms with Crippen LogP contribution < -0.4 is 0 Å². The van der Waals surface area contributed by atoms with Crippen LogP contribution in [0, 0.1) is 5.92 Å². The van der Waals surface area contributed by atoms with Crippen molar-refractivity contribution in [3.63, 3.8) is 0 Å². The first-order valence-electron chi connectivity index (χ1n) is 11.6. The molecule has 0 spiro atoms. The Kier molecular flexibility index (Phi) is 14.0. The van der Waals surface area contributed by atoms with Crippen LogP contribution in [0.5, 0.6) is 0 Å². The van der Waals surface area contributed by atoms with E-state index in [4.69, 9.17) is 4.74 Å². The summed E-state index contributed by atoms with van der Waals surface area (Å²) in [6.45, 7) is 4.78. The zero-order valence-electron chi connectivity index (χ0n) is 18.2. The molecule has 1 aliphatic carbocycles. The molecule has 0 bridgehead atoms. The first-order valence-corrected chi connectivity index (χ1v) is 11.6. The lowest BCUT2D eigenvalue weighted by atomic mass is 9.92. The number of rotatable bonds is 16. The summed E-state index contributed by atoms with van der Waals surface area (Å²) in [5.74, 6) is 0.475. The summed E-state index contributed by atoms with van der Waals surface area (Å²) in [6, 6.07) is 0. The second-order valence-corrected chi connectivity index (χ2v) is 8.22. The molecule has 0 aromatic rings. The molecule has 0 radical (unpaired) electrons. The van der Waals surface area contributed by atoms with E-state index >= 15 is 0 Å². The maximum Gasteiger partial charge on any atom is 0.305 e. The molecular formula is C24H42O4. The lowest BCUT2D eigenvalue weighted by molar-refractivity contribution is -0.143. The Labute approximate surface area is 172 Å². The van der Waals surface area contributed by atoms with Crippen LogP contribution in [-0.2, 0) is 14.3 Å². The fourth-order valence-corrected chi connectivity index (χ4v) is 3.89. The van der Waals surface area contributed by atoms with Gasteiger partial charge in [-0.25, -0.2) is 0 Å². The number of ketones is 1. The number of unbranched alkanes of at least 4 members (excludes halogenated alkanes) is 6. The number of carbonyl (C=O) groups is 2. The van der Waals surface area contributed by atoms with Crippen molar-refractivity contribution >= 4 is 11.8 Å². The molecule has 0 saturated heterocycles. The molecule has 1 fully saturated rings. The molecule has 1 N–H and O–H groups in total. The highest BCUT2D eigenvalue weighted by atomic mass is 16.5. The largest absolute Gasteiger partial charge is 0.466 e. The van der Waals surface area contributed by atoms with Gasteiger partial charge >= 0.3 is 5.97 Å². The number of ether oxygens (including phenoxy) is 1. The molecule has 4 heteroatoms. The Morgan fingerprint density at radius 1 is 1.00 bits per heavy atom. The molecule has 0 unspecified atom stereocenters. The summed E-state index contributed by atoms with van der Waals surface area (Å²) in [5.41, 5.74) is 1.29. The lowest BCUT2D eigenvalue weighted by Gasteiger charge is -2.16. The fourth-order valence-electron chi connectivity index (χ4n) is 3.89. The number of carbonyl (C=O) groups excluding carboxylic acids is 2. The van der Waals surface area contributed by atoms with Crippen LogP contribution in [0.4, 0.5) is 0 Å². The molecule has 4 nitrogen and oxygen atoms in total. The van der Waals surface area contributed by atoms with Gasteiger partial charge in [0.25, 0.3) is 0 Å². The molecule has 2 atom stereocenters. The standard InChI is InChI=1S/C24H42O4/c1-3-5-9-12-21(25)17-15-20-16-18-23(26)22(20)13-10-7-8-11-14-24(27)28-19-6-4-2/h15,22-23,26H,3-14,16-19H2,1-2H3/t22-,23-/m1/s1. The molecule has 0 aliphatic heterocycles. The van der Waals surface area contributed by atoms with Gasteiger partial charge in [0, 0.05) is 25.2 Å². The highest BCUT2D eigenvalue weighted by Crippen LogP contribution is 2.35. The van der Waals surface area contributed by atoms with E-state index in [1.54, 1.807) is 0 Å². The molecular weight excluding hydrogens is 352 g/mol. The summed E-state index contributed by atoms with van der Waals surface area (Å²) in [7, 11) is 0. The van der Waals surface area contributed by atoms with Crippen LogP contribution >= 0.6 is 0 Å². The Morgan fingerprint density at radius 3 is 2.46 bits per heavy atom. The summed E-state index contributed by atoms with van der Waals surface area (Å²) in [6.07, 6.45) is 15.6. The van der Waals surface area contributed by atoms with E-state index in [0.29, 0.717) is 31.7 Å². The third kappa shape index (κ3) is 11.0. The number of aliphatic hydroxyl groups is 1. The van der Waals surface area contributed by atoms with E-state index in [2.05, 4.69) is 19.9 Å². The van der Waals surface area contributed by atoms with Gasteiger partial charge in [0.05, 0.1) is 12.7 Å². The van der Waals surface area contributed by atoms with Crippen LogP contribution in [0.15, 0.2) is 11.6 Å². The monoisotopic (exact) mass is 394 g/mol. The Morgan fingerprint density at radius 2 is 1.71 bits per heavy atom. The Balaban J connectivity index is 2.19. The van der Waals surface area contributed by atoms with Gasteiger partial charge in [-0.3, -0.25) is 9.59 Å². The average molecular weight is 395 g/mol. The van der Waals surface area contributed by atoms with Crippen LogP contribution in [0.25, 0.3) is 0 Å². The molecule has 162 valence electrons. The van der Waals surface area contributed by atoms with Gasteiger partial charge in [-0.2, -0.15) is 0 Å². The van der Waals surface area contributed by atoms with Gasteiger partial charge in [-0.05, 0) is 38.5 Å². The third-order valence-corrected chi connectivity index (χ3v) is 5.73. The van der Waals surface area contributed by atoms with Crippen LogP contribution in [-0.4, -0.2) is 29.6 Å². The first kappa shape index (κ1) is 24.9.